The Morgan fingerprint density at radius 1 is 1.65 bits per heavy atom. The second-order valence-electron chi connectivity index (χ2n) is 4.30. The van der Waals surface area contributed by atoms with Gasteiger partial charge in [0.1, 0.15) is 0 Å². The van der Waals surface area contributed by atoms with Crippen LogP contribution in [-0.4, -0.2) is 35.3 Å². The Morgan fingerprint density at radius 3 is 3.06 bits per heavy atom. The molecule has 0 fully saturated rings. The first kappa shape index (κ1) is 11.9. The SMILES string of the molecule is Cc1nn(C)cc1C(=O)NCC1=CCNCC1. The van der Waals surface area contributed by atoms with E-state index in [1.165, 1.54) is 5.57 Å². The van der Waals surface area contributed by atoms with Gasteiger partial charge in [0.15, 0.2) is 0 Å². The average molecular weight is 234 g/mol. The van der Waals surface area contributed by atoms with Crippen LogP contribution in [0.15, 0.2) is 17.8 Å². The van der Waals surface area contributed by atoms with Crippen LogP contribution in [0.25, 0.3) is 0 Å². The zero-order chi connectivity index (χ0) is 12.3. The molecule has 2 N–H and O–H groups in total. The molecule has 2 heterocycles. The lowest BCUT2D eigenvalue weighted by Crippen LogP contribution is -2.29. The van der Waals surface area contributed by atoms with E-state index in [4.69, 9.17) is 0 Å². The minimum Gasteiger partial charge on any atom is -0.348 e. The van der Waals surface area contributed by atoms with Crippen molar-refractivity contribution in [1.29, 1.82) is 0 Å². The first-order valence-electron chi connectivity index (χ1n) is 5.84. The standard InChI is InChI=1S/C12H18N4O/c1-9-11(8-16(2)15-9)12(17)14-7-10-3-5-13-6-4-10/h3,8,13H,4-7H2,1-2H3,(H,14,17). The van der Waals surface area contributed by atoms with Gasteiger partial charge in [0.25, 0.3) is 5.91 Å². The predicted octanol–water partition coefficient (Wildman–Crippen LogP) is 0.378. The molecule has 0 aliphatic carbocycles. The van der Waals surface area contributed by atoms with Gasteiger partial charge in [-0.25, -0.2) is 0 Å². The first-order chi connectivity index (χ1) is 8.16. The molecule has 0 saturated heterocycles. The Kier molecular flexibility index (Phi) is 3.58. The quantitative estimate of drug-likeness (QED) is 0.743. The van der Waals surface area contributed by atoms with Gasteiger partial charge in [-0.05, 0) is 19.9 Å². The monoisotopic (exact) mass is 234 g/mol. The summed E-state index contributed by atoms with van der Waals surface area (Å²) in [5.41, 5.74) is 2.71. The van der Waals surface area contributed by atoms with Gasteiger partial charge >= 0.3 is 0 Å². The number of carbonyl (C=O) groups excluding carboxylic acids is 1. The second-order valence-corrected chi connectivity index (χ2v) is 4.30. The molecule has 0 radical (unpaired) electrons. The maximum Gasteiger partial charge on any atom is 0.255 e. The highest BCUT2D eigenvalue weighted by molar-refractivity contribution is 5.95. The lowest BCUT2D eigenvalue weighted by atomic mass is 10.1. The van der Waals surface area contributed by atoms with Crippen molar-refractivity contribution >= 4 is 5.91 Å². The van der Waals surface area contributed by atoms with Crippen molar-refractivity contribution in [3.8, 4) is 0 Å². The summed E-state index contributed by atoms with van der Waals surface area (Å²) >= 11 is 0. The third kappa shape index (κ3) is 2.94. The van der Waals surface area contributed by atoms with E-state index < -0.39 is 0 Å². The fourth-order valence-electron chi connectivity index (χ4n) is 1.94. The number of hydrogen-bond acceptors (Lipinski definition) is 3. The summed E-state index contributed by atoms with van der Waals surface area (Å²) in [5, 5.41) is 10.3. The van der Waals surface area contributed by atoms with Crippen LogP contribution < -0.4 is 10.6 Å². The fourth-order valence-corrected chi connectivity index (χ4v) is 1.94. The number of nitrogens with one attached hydrogen (secondary N) is 2. The van der Waals surface area contributed by atoms with E-state index in [1.807, 2.05) is 14.0 Å². The van der Waals surface area contributed by atoms with Crippen molar-refractivity contribution in [3.63, 3.8) is 0 Å². The zero-order valence-electron chi connectivity index (χ0n) is 10.3. The van der Waals surface area contributed by atoms with Crippen LogP contribution in [0.3, 0.4) is 0 Å². The number of rotatable bonds is 3. The van der Waals surface area contributed by atoms with E-state index >= 15 is 0 Å². The number of nitrogens with zero attached hydrogens (tertiary/aromatic N) is 2. The predicted molar refractivity (Wildman–Crippen MR) is 65.8 cm³/mol. The van der Waals surface area contributed by atoms with E-state index in [0.717, 1.165) is 25.2 Å². The number of carbonyl (C=O) groups is 1. The number of hydrogen-bond donors (Lipinski definition) is 2. The summed E-state index contributed by atoms with van der Waals surface area (Å²) in [5.74, 6) is -0.0463. The van der Waals surface area contributed by atoms with Crippen molar-refractivity contribution in [2.24, 2.45) is 7.05 Å². The topological polar surface area (TPSA) is 59.0 Å². The van der Waals surface area contributed by atoms with E-state index in [0.29, 0.717) is 12.1 Å². The minimum atomic E-state index is -0.0463. The Hall–Kier alpha value is -1.62. The minimum absolute atomic E-state index is 0.0463. The zero-order valence-corrected chi connectivity index (χ0v) is 10.3. The highest BCUT2D eigenvalue weighted by Crippen LogP contribution is 2.06. The molecule has 1 aromatic heterocycles. The van der Waals surface area contributed by atoms with E-state index in [1.54, 1.807) is 10.9 Å². The Balaban J connectivity index is 1.93. The van der Waals surface area contributed by atoms with Gasteiger partial charge in [-0.1, -0.05) is 11.6 Å². The summed E-state index contributed by atoms with van der Waals surface area (Å²) in [6, 6.07) is 0. The van der Waals surface area contributed by atoms with Crippen molar-refractivity contribution in [2.45, 2.75) is 13.3 Å². The Bertz CT molecular complexity index is 447. The maximum atomic E-state index is 11.9. The van der Waals surface area contributed by atoms with Crippen molar-refractivity contribution in [2.75, 3.05) is 19.6 Å². The van der Waals surface area contributed by atoms with Crippen molar-refractivity contribution in [3.05, 3.63) is 29.1 Å². The summed E-state index contributed by atoms with van der Waals surface area (Å²) < 4.78 is 1.66. The molecule has 0 bridgehead atoms. The van der Waals surface area contributed by atoms with Gasteiger partial charge in [-0.2, -0.15) is 5.10 Å². The molecular formula is C12H18N4O. The molecule has 92 valence electrons. The molecule has 0 spiro atoms. The van der Waals surface area contributed by atoms with Gasteiger partial charge < -0.3 is 10.6 Å². The van der Waals surface area contributed by atoms with Gasteiger partial charge in [0.05, 0.1) is 11.3 Å². The molecule has 5 heteroatoms. The second kappa shape index (κ2) is 5.14. The van der Waals surface area contributed by atoms with E-state index in [2.05, 4.69) is 21.8 Å². The van der Waals surface area contributed by atoms with Crippen LogP contribution in [-0.2, 0) is 7.05 Å². The number of aryl methyl sites for hydroxylation is 2. The molecule has 1 amide bonds. The van der Waals surface area contributed by atoms with Crippen molar-refractivity contribution < 1.29 is 4.79 Å². The smallest absolute Gasteiger partial charge is 0.255 e. The molecule has 2 rings (SSSR count). The lowest BCUT2D eigenvalue weighted by molar-refractivity contribution is 0.0956. The Morgan fingerprint density at radius 2 is 2.47 bits per heavy atom. The van der Waals surface area contributed by atoms with E-state index in [-0.39, 0.29) is 5.91 Å². The largest absolute Gasteiger partial charge is 0.348 e. The Labute approximate surface area is 101 Å². The van der Waals surface area contributed by atoms with Gasteiger partial charge in [0, 0.05) is 26.3 Å². The third-order valence-corrected chi connectivity index (χ3v) is 2.89. The van der Waals surface area contributed by atoms with Crippen molar-refractivity contribution in [1.82, 2.24) is 20.4 Å². The van der Waals surface area contributed by atoms with E-state index in [9.17, 15) is 4.79 Å². The first-order valence-corrected chi connectivity index (χ1v) is 5.84. The lowest BCUT2D eigenvalue weighted by Gasteiger charge is -2.14. The normalized spacial score (nSPS) is 15.5. The molecular weight excluding hydrogens is 216 g/mol. The average Bonchev–Trinajstić information content (AvgIpc) is 2.67. The summed E-state index contributed by atoms with van der Waals surface area (Å²) in [7, 11) is 1.82. The highest BCUT2D eigenvalue weighted by Gasteiger charge is 2.12. The molecule has 1 aliphatic rings. The summed E-state index contributed by atoms with van der Waals surface area (Å²) in [4.78, 5) is 11.9. The number of amides is 1. The van der Waals surface area contributed by atoms with Crippen LogP contribution in [0.1, 0.15) is 22.5 Å². The molecule has 0 atom stereocenters. The third-order valence-electron chi connectivity index (χ3n) is 2.89. The molecule has 1 aromatic rings. The van der Waals surface area contributed by atoms with Gasteiger partial charge in [0.2, 0.25) is 0 Å². The fraction of sp³-hybridized carbons (Fsp3) is 0.500. The molecule has 17 heavy (non-hydrogen) atoms. The summed E-state index contributed by atoms with van der Waals surface area (Å²) in [6.07, 6.45) is 4.90. The van der Waals surface area contributed by atoms with Crippen LogP contribution in [0.2, 0.25) is 0 Å². The van der Waals surface area contributed by atoms with Crippen LogP contribution in [0.4, 0.5) is 0 Å². The van der Waals surface area contributed by atoms with Crippen LogP contribution in [0, 0.1) is 6.92 Å². The summed E-state index contributed by atoms with van der Waals surface area (Å²) in [6.45, 7) is 4.37. The molecule has 0 unspecified atom stereocenters. The highest BCUT2D eigenvalue weighted by atomic mass is 16.1. The van der Waals surface area contributed by atoms with Gasteiger partial charge in [-0.3, -0.25) is 9.48 Å². The van der Waals surface area contributed by atoms with Crippen LogP contribution in [0.5, 0.6) is 0 Å². The molecule has 5 nitrogen and oxygen atoms in total. The van der Waals surface area contributed by atoms with Gasteiger partial charge in [-0.15, -0.1) is 0 Å². The molecule has 0 aromatic carbocycles. The molecule has 0 saturated carbocycles. The number of aromatic nitrogens is 2. The maximum absolute atomic E-state index is 11.9. The molecule has 1 aliphatic heterocycles. The van der Waals surface area contributed by atoms with Crippen LogP contribution >= 0.6 is 0 Å².